The van der Waals surface area contributed by atoms with Crippen LogP contribution in [-0.2, 0) is 0 Å². The van der Waals surface area contributed by atoms with Crippen LogP contribution in [0.4, 0.5) is 5.69 Å². The third-order valence-electron chi connectivity index (χ3n) is 3.29. The molecule has 0 aromatic heterocycles. The van der Waals surface area contributed by atoms with Gasteiger partial charge in [0, 0.05) is 19.2 Å². The first kappa shape index (κ1) is 16.3. The van der Waals surface area contributed by atoms with Gasteiger partial charge in [-0.2, -0.15) is 0 Å². The lowest BCUT2D eigenvalue weighted by Crippen LogP contribution is -2.17. The molecule has 1 aromatic carbocycles. The summed E-state index contributed by atoms with van der Waals surface area (Å²) >= 11 is 0. The summed E-state index contributed by atoms with van der Waals surface area (Å²) in [6.45, 7) is 3.15. The number of benzene rings is 1. The Morgan fingerprint density at radius 2 is 1.95 bits per heavy atom. The third-order valence-corrected chi connectivity index (χ3v) is 3.29. The highest BCUT2D eigenvalue weighted by Crippen LogP contribution is 2.25. The molecule has 0 unspecified atom stereocenters. The Morgan fingerprint density at radius 3 is 2.60 bits per heavy atom. The number of rotatable bonds is 9. The molecule has 0 aliphatic heterocycles. The van der Waals surface area contributed by atoms with Crippen LogP contribution in [0.15, 0.2) is 18.2 Å². The average molecular weight is 278 g/mol. The van der Waals surface area contributed by atoms with Crippen LogP contribution >= 0.6 is 0 Å². The molecule has 20 heavy (non-hydrogen) atoms. The van der Waals surface area contributed by atoms with Crippen molar-refractivity contribution in [3.05, 3.63) is 23.8 Å². The molecule has 0 bridgehead atoms. The zero-order valence-electron chi connectivity index (χ0n) is 12.8. The molecular weight excluding hydrogens is 252 g/mol. The van der Waals surface area contributed by atoms with Gasteiger partial charge in [-0.3, -0.25) is 4.79 Å². The zero-order valence-corrected chi connectivity index (χ0v) is 12.8. The highest BCUT2D eigenvalue weighted by molar-refractivity contribution is 5.95. The first-order chi connectivity index (χ1) is 9.72. The van der Waals surface area contributed by atoms with Gasteiger partial charge in [-0.1, -0.05) is 32.6 Å². The fourth-order valence-corrected chi connectivity index (χ4v) is 2.07. The molecule has 0 spiro atoms. The van der Waals surface area contributed by atoms with Gasteiger partial charge in [0.25, 0.3) is 5.91 Å². The van der Waals surface area contributed by atoms with Crippen molar-refractivity contribution in [1.29, 1.82) is 0 Å². The molecule has 0 saturated heterocycles. The second kappa shape index (κ2) is 9.23. The minimum Gasteiger partial charge on any atom is -0.495 e. The van der Waals surface area contributed by atoms with Crippen molar-refractivity contribution >= 4 is 11.6 Å². The van der Waals surface area contributed by atoms with E-state index in [9.17, 15) is 4.79 Å². The molecule has 0 atom stereocenters. The molecule has 0 radical (unpaired) electrons. The predicted octanol–water partition coefficient (Wildman–Crippen LogP) is 3.44. The van der Waals surface area contributed by atoms with Gasteiger partial charge >= 0.3 is 0 Å². The number of hydrogen-bond donors (Lipinski definition) is 2. The van der Waals surface area contributed by atoms with E-state index in [-0.39, 0.29) is 5.91 Å². The lowest BCUT2D eigenvalue weighted by molar-refractivity contribution is 0.0963. The summed E-state index contributed by atoms with van der Waals surface area (Å²) in [7, 11) is 3.24. The zero-order chi connectivity index (χ0) is 14.8. The summed E-state index contributed by atoms with van der Waals surface area (Å²) in [4.78, 5) is 11.6. The van der Waals surface area contributed by atoms with Gasteiger partial charge in [0.1, 0.15) is 5.75 Å². The van der Waals surface area contributed by atoms with Gasteiger partial charge in [0.15, 0.2) is 0 Å². The maximum absolute atomic E-state index is 11.6. The quantitative estimate of drug-likeness (QED) is 0.680. The van der Waals surface area contributed by atoms with Crippen LogP contribution in [0.5, 0.6) is 5.75 Å². The van der Waals surface area contributed by atoms with Crippen molar-refractivity contribution in [1.82, 2.24) is 5.32 Å². The number of anilines is 1. The van der Waals surface area contributed by atoms with E-state index in [0.29, 0.717) is 11.3 Å². The number of methoxy groups -OCH3 is 1. The van der Waals surface area contributed by atoms with E-state index in [2.05, 4.69) is 17.6 Å². The lowest BCUT2D eigenvalue weighted by Gasteiger charge is -2.12. The normalized spacial score (nSPS) is 10.2. The number of nitrogens with one attached hydrogen (secondary N) is 2. The Kier molecular flexibility index (Phi) is 7.55. The van der Waals surface area contributed by atoms with Gasteiger partial charge < -0.3 is 15.4 Å². The van der Waals surface area contributed by atoms with E-state index in [1.165, 1.54) is 25.7 Å². The van der Waals surface area contributed by atoms with E-state index in [0.717, 1.165) is 18.7 Å². The third kappa shape index (κ3) is 5.11. The van der Waals surface area contributed by atoms with Crippen LogP contribution in [0.3, 0.4) is 0 Å². The summed E-state index contributed by atoms with van der Waals surface area (Å²) in [5.41, 5.74) is 1.55. The maximum atomic E-state index is 11.6. The van der Waals surface area contributed by atoms with E-state index < -0.39 is 0 Å². The van der Waals surface area contributed by atoms with Crippen LogP contribution in [0, 0.1) is 0 Å². The molecule has 4 nitrogen and oxygen atoms in total. The Hall–Kier alpha value is -1.71. The summed E-state index contributed by atoms with van der Waals surface area (Å²) in [5.74, 6) is 0.606. The molecule has 0 heterocycles. The summed E-state index contributed by atoms with van der Waals surface area (Å²) in [6.07, 6.45) is 6.27. The molecule has 0 fully saturated rings. The second-order valence-corrected chi connectivity index (χ2v) is 4.84. The molecule has 112 valence electrons. The number of ether oxygens (including phenoxy) is 1. The predicted molar refractivity (Wildman–Crippen MR) is 83.6 cm³/mol. The van der Waals surface area contributed by atoms with Gasteiger partial charge in [-0.15, -0.1) is 0 Å². The van der Waals surface area contributed by atoms with Crippen molar-refractivity contribution in [2.75, 3.05) is 26.0 Å². The first-order valence-corrected chi connectivity index (χ1v) is 7.37. The van der Waals surface area contributed by atoms with E-state index in [4.69, 9.17) is 4.74 Å². The fraction of sp³-hybridized carbons (Fsp3) is 0.562. The second-order valence-electron chi connectivity index (χ2n) is 4.84. The van der Waals surface area contributed by atoms with Gasteiger partial charge in [-0.05, 0) is 24.6 Å². The van der Waals surface area contributed by atoms with Crippen LogP contribution in [0.2, 0.25) is 0 Å². The first-order valence-electron chi connectivity index (χ1n) is 7.37. The molecule has 1 rings (SSSR count). The van der Waals surface area contributed by atoms with E-state index in [1.807, 2.05) is 6.07 Å². The SMILES string of the molecule is CCCCCCCNc1ccc(C(=O)NC)cc1OC. The van der Waals surface area contributed by atoms with Crippen molar-refractivity contribution in [2.45, 2.75) is 39.0 Å². The topological polar surface area (TPSA) is 50.4 Å². The minimum atomic E-state index is -0.102. The van der Waals surface area contributed by atoms with E-state index >= 15 is 0 Å². The molecule has 0 aliphatic rings. The van der Waals surface area contributed by atoms with Crippen LogP contribution in [0.1, 0.15) is 49.4 Å². The summed E-state index contributed by atoms with van der Waals surface area (Å²) in [5, 5.41) is 5.98. The average Bonchev–Trinajstić information content (AvgIpc) is 2.50. The Labute approximate surface area is 121 Å². The maximum Gasteiger partial charge on any atom is 0.251 e. The number of carbonyl (C=O) groups excluding carboxylic acids is 1. The van der Waals surface area contributed by atoms with Crippen LogP contribution in [-0.4, -0.2) is 26.6 Å². The molecule has 1 amide bonds. The van der Waals surface area contributed by atoms with Crippen molar-refractivity contribution < 1.29 is 9.53 Å². The Bertz CT molecular complexity index is 419. The Morgan fingerprint density at radius 1 is 1.20 bits per heavy atom. The number of carbonyl (C=O) groups is 1. The van der Waals surface area contributed by atoms with Crippen molar-refractivity contribution in [2.24, 2.45) is 0 Å². The standard InChI is InChI=1S/C16H26N2O2/c1-4-5-6-7-8-11-18-14-10-9-13(16(19)17-2)12-15(14)20-3/h9-10,12,18H,4-8,11H2,1-3H3,(H,17,19). The van der Waals surface area contributed by atoms with Gasteiger partial charge in [0.2, 0.25) is 0 Å². The summed E-state index contributed by atoms with van der Waals surface area (Å²) in [6, 6.07) is 5.47. The summed E-state index contributed by atoms with van der Waals surface area (Å²) < 4.78 is 5.33. The van der Waals surface area contributed by atoms with Crippen LogP contribution in [0.25, 0.3) is 0 Å². The van der Waals surface area contributed by atoms with Crippen LogP contribution < -0.4 is 15.4 Å². The molecule has 1 aromatic rings. The molecule has 2 N–H and O–H groups in total. The smallest absolute Gasteiger partial charge is 0.251 e. The van der Waals surface area contributed by atoms with Crippen molar-refractivity contribution in [3.63, 3.8) is 0 Å². The minimum absolute atomic E-state index is 0.102. The highest BCUT2D eigenvalue weighted by atomic mass is 16.5. The monoisotopic (exact) mass is 278 g/mol. The van der Waals surface area contributed by atoms with Gasteiger partial charge in [0.05, 0.1) is 12.8 Å². The lowest BCUT2D eigenvalue weighted by atomic mass is 10.1. The molecular formula is C16H26N2O2. The van der Waals surface area contributed by atoms with Crippen molar-refractivity contribution in [3.8, 4) is 5.75 Å². The number of hydrogen-bond acceptors (Lipinski definition) is 3. The fourth-order valence-electron chi connectivity index (χ4n) is 2.07. The largest absolute Gasteiger partial charge is 0.495 e. The molecule has 4 heteroatoms. The molecule has 0 saturated carbocycles. The highest BCUT2D eigenvalue weighted by Gasteiger charge is 2.08. The molecule has 0 aliphatic carbocycles. The Balaban J connectivity index is 2.51. The number of amides is 1. The number of unbranched alkanes of at least 4 members (excludes halogenated alkanes) is 4. The van der Waals surface area contributed by atoms with Gasteiger partial charge in [-0.25, -0.2) is 0 Å². The van der Waals surface area contributed by atoms with E-state index in [1.54, 1.807) is 26.3 Å².